The summed E-state index contributed by atoms with van der Waals surface area (Å²) < 4.78 is 0. The lowest BCUT2D eigenvalue weighted by molar-refractivity contribution is 1.13. The van der Waals surface area contributed by atoms with Crippen molar-refractivity contribution in [2.45, 2.75) is 13.3 Å². The van der Waals surface area contributed by atoms with Gasteiger partial charge < -0.3 is 4.90 Å². The third kappa shape index (κ3) is 3.15. The van der Waals surface area contributed by atoms with Crippen LogP contribution in [-0.2, 0) is 0 Å². The zero-order valence-electron chi connectivity index (χ0n) is 11.6. The van der Waals surface area contributed by atoms with Crippen molar-refractivity contribution in [1.82, 2.24) is 0 Å². The van der Waals surface area contributed by atoms with E-state index in [2.05, 4.69) is 66.6 Å². The van der Waals surface area contributed by atoms with Crippen LogP contribution >= 0.6 is 0 Å². The highest BCUT2D eigenvalue weighted by atomic mass is 15.1. The van der Waals surface area contributed by atoms with Crippen molar-refractivity contribution in [3.05, 3.63) is 78.2 Å². The number of hydrogen-bond donors (Lipinski definition) is 0. The monoisotopic (exact) mass is 249 g/mol. The molecule has 0 fully saturated rings. The molecule has 19 heavy (non-hydrogen) atoms. The van der Waals surface area contributed by atoms with E-state index in [0.29, 0.717) is 0 Å². The van der Waals surface area contributed by atoms with E-state index < -0.39 is 0 Å². The zero-order chi connectivity index (χ0) is 13.7. The van der Waals surface area contributed by atoms with Crippen LogP contribution in [0, 0.1) is 0 Å². The van der Waals surface area contributed by atoms with E-state index in [1.54, 1.807) is 0 Å². The summed E-state index contributed by atoms with van der Waals surface area (Å²) in [4.78, 5) is 2.10. The normalized spacial score (nSPS) is 13.1. The SMILES string of the molecule is C=C(/C=C\CC)N(C)c1cccc(C2=C=CC=C2)c1. The van der Waals surface area contributed by atoms with Gasteiger partial charge in [-0.15, -0.1) is 5.73 Å². The Kier molecular flexibility index (Phi) is 4.22. The maximum atomic E-state index is 4.09. The maximum Gasteiger partial charge on any atom is 0.0414 e. The van der Waals surface area contributed by atoms with Crippen LogP contribution in [0.15, 0.2) is 72.7 Å². The standard InChI is InChI=1S/C18H19N/c1-4-5-9-15(2)19(3)18-13-8-12-17(14-18)16-10-6-7-11-16/h5-10,12-14H,2,4H2,1,3H3/b9-5-. The Balaban J connectivity index is 2.23. The van der Waals surface area contributed by atoms with Gasteiger partial charge in [0.25, 0.3) is 0 Å². The number of rotatable bonds is 5. The molecule has 1 aromatic carbocycles. The average Bonchev–Trinajstić information content (AvgIpc) is 2.98. The summed E-state index contributed by atoms with van der Waals surface area (Å²) in [5.41, 5.74) is 7.67. The third-order valence-corrected chi connectivity index (χ3v) is 3.12. The number of anilines is 1. The molecule has 0 spiro atoms. The van der Waals surface area contributed by atoms with Crippen molar-refractivity contribution in [2.24, 2.45) is 0 Å². The topological polar surface area (TPSA) is 3.24 Å². The van der Waals surface area contributed by atoms with Gasteiger partial charge in [0, 0.05) is 24.0 Å². The summed E-state index contributed by atoms with van der Waals surface area (Å²) in [6, 6.07) is 8.43. The van der Waals surface area contributed by atoms with Crippen molar-refractivity contribution >= 4 is 11.3 Å². The first-order chi connectivity index (χ1) is 9.22. The molecule has 0 heterocycles. The van der Waals surface area contributed by atoms with Gasteiger partial charge in [-0.1, -0.05) is 37.8 Å². The minimum absolute atomic E-state index is 0.991. The molecule has 0 amide bonds. The summed E-state index contributed by atoms with van der Waals surface area (Å²) >= 11 is 0. The van der Waals surface area contributed by atoms with Gasteiger partial charge in [0.2, 0.25) is 0 Å². The van der Waals surface area contributed by atoms with Crippen LogP contribution in [0.5, 0.6) is 0 Å². The quantitative estimate of drug-likeness (QED) is 0.539. The maximum absolute atomic E-state index is 4.09. The zero-order valence-corrected chi connectivity index (χ0v) is 11.6. The van der Waals surface area contributed by atoms with Gasteiger partial charge in [0.15, 0.2) is 0 Å². The van der Waals surface area contributed by atoms with E-state index in [-0.39, 0.29) is 0 Å². The van der Waals surface area contributed by atoms with Gasteiger partial charge in [-0.25, -0.2) is 0 Å². The molecule has 1 nitrogen and oxygen atoms in total. The van der Waals surface area contributed by atoms with Gasteiger partial charge in [-0.2, -0.15) is 0 Å². The first-order valence-corrected chi connectivity index (χ1v) is 6.55. The summed E-state index contributed by atoms with van der Waals surface area (Å²) in [5, 5.41) is 0. The number of hydrogen-bond acceptors (Lipinski definition) is 1. The lowest BCUT2D eigenvalue weighted by atomic mass is 10.1. The second kappa shape index (κ2) is 6.08. The lowest BCUT2D eigenvalue weighted by Crippen LogP contribution is -2.14. The molecule has 0 atom stereocenters. The molecule has 1 aromatic rings. The molecule has 0 saturated carbocycles. The van der Waals surface area contributed by atoms with Gasteiger partial charge in [-0.3, -0.25) is 0 Å². The predicted molar refractivity (Wildman–Crippen MR) is 84.0 cm³/mol. The van der Waals surface area contributed by atoms with E-state index in [1.165, 1.54) is 5.56 Å². The fourth-order valence-electron chi connectivity index (χ4n) is 1.92. The van der Waals surface area contributed by atoms with Gasteiger partial charge in [-0.05, 0) is 42.3 Å². The molecule has 0 unspecified atom stereocenters. The highest BCUT2D eigenvalue weighted by molar-refractivity contribution is 5.78. The molecule has 2 rings (SSSR count). The Bertz CT molecular complexity index is 596. The predicted octanol–water partition coefficient (Wildman–Crippen LogP) is 4.71. The molecule has 0 saturated heterocycles. The molecule has 1 aliphatic rings. The number of likely N-dealkylation sites (N-methyl/N-ethyl adjacent to an activating group) is 1. The summed E-state index contributed by atoms with van der Waals surface area (Å²) in [7, 11) is 2.04. The van der Waals surface area contributed by atoms with Gasteiger partial charge >= 0.3 is 0 Å². The molecule has 0 aliphatic heterocycles. The van der Waals surface area contributed by atoms with Crippen LogP contribution in [0.1, 0.15) is 18.9 Å². The summed E-state index contributed by atoms with van der Waals surface area (Å²) in [6.45, 7) is 6.21. The molecular weight excluding hydrogens is 230 g/mol. The van der Waals surface area contributed by atoms with Crippen LogP contribution in [0.25, 0.3) is 5.57 Å². The van der Waals surface area contributed by atoms with Crippen molar-refractivity contribution < 1.29 is 0 Å². The third-order valence-electron chi connectivity index (χ3n) is 3.12. The van der Waals surface area contributed by atoms with Gasteiger partial charge in [0.05, 0.1) is 0 Å². The molecule has 1 aliphatic carbocycles. The highest BCUT2D eigenvalue weighted by Crippen LogP contribution is 2.24. The fraction of sp³-hybridized carbons (Fsp3) is 0.167. The van der Waals surface area contributed by atoms with Crippen molar-refractivity contribution in [3.8, 4) is 0 Å². The van der Waals surface area contributed by atoms with E-state index in [9.17, 15) is 0 Å². The Hall–Kier alpha value is -2.24. The minimum Gasteiger partial charge on any atom is -0.345 e. The number of allylic oxidation sites excluding steroid dienone is 5. The Labute approximate surface area is 115 Å². The van der Waals surface area contributed by atoms with Gasteiger partial charge in [0.1, 0.15) is 0 Å². The second-order valence-corrected chi connectivity index (χ2v) is 4.50. The number of nitrogens with zero attached hydrogens (tertiary/aromatic N) is 1. The van der Waals surface area contributed by atoms with E-state index in [4.69, 9.17) is 0 Å². The molecule has 1 heteroatoms. The molecule has 0 aromatic heterocycles. The van der Waals surface area contributed by atoms with Crippen LogP contribution in [0.2, 0.25) is 0 Å². The van der Waals surface area contributed by atoms with Crippen molar-refractivity contribution in [1.29, 1.82) is 0 Å². The molecular formula is C18H19N. The van der Waals surface area contributed by atoms with Crippen LogP contribution < -0.4 is 4.90 Å². The van der Waals surface area contributed by atoms with Crippen LogP contribution in [0.4, 0.5) is 5.69 Å². The van der Waals surface area contributed by atoms with Crippen molar-refractivity contribution in [3.63, 3.8) is 0 Å². The van der Waals surface area contributed by atoms with E-state index >= 15 is 0 Å². The van der Waals surface area contributed by atoms with E-state index in [1.807, 2.05) is 19.2 Å². The molecule has 96 valence electrons. The van der Waals surface area contributed by atoms with Crippen molar-refractivity contribution in [2.75, 3.05) is 11.9 Å². The molecule has 0 bridgehead atoms. The first-order valence-electron chi connectivity index (χ1n) is 6.55. The second-order valence-electron chi connectivity index (χ2n) is 4.50. The smallest absolute Gasteiger partial charge is 0.0414 e. The molecule has 0 radical (unpaired) electrons. The van der Waals surface area contributed by atoms with Crippen LogP contribution in [0.3, 0.4) is 0 Å². The first kappa shape index (κ1) is 13.2. The Morgan fingerprint density at radius 3 is 2.95 bits per heavy atom. The lowest BCUT2D eigenvalue weighted by Gasteiger charge is -2.20. The summed E-state index contributed by atoms with van der Waals surface area (Å²) in [5.74, 6) is 0. The van der Waals surface area contributed by atoms with E-state index in [0.717, 1.165) is 23.4 Å². The Morgan fingerprint density at radius 2 is 2.26 bits per heavy atom. The minimum atomic E-state index is 0.991. The number of benzene rings is 1. The van der Waals surface area contributed by atoms with Crippen LogP contribution in [-0.4, -0.2) is 7.05 Å². The fourth-order valence-corrected chi connectivity index (χ4v) is 1.92. The largest absolute Gasteiger partial charge is 0.345 e. The Morgan fingerprint density at radius 1 is 1.42 bits per heavy atom. The molecule has 0 N–H and O–H groups in total. The average molecular weight is 249 g/mol. The summed E-state index contributed by atoms with van der Waals surface area (Å²) in [6.07, 6.45) is 11.2. The highest BCUT2D eigenvalue weighted by Gasteiger charge is 2.05.